The van der Waals surface area contributed by atoms with Gasteiger partial charge in [-0.25, -0.2) is 9.69 Å². The van der Waals surface area contributed by atoms with Crippen molar-refractivity contribution in [3.63, 3.8) is 0 Å². The van der Waals surface area contributed by atoms with E-state index in [2.05, 4.69) is 5.32 Å². The van der Waals surface area contributed by atoms with Crippen LogP contribution in [-0.4, -0.2) is 59.3 Å². The van der Waals surface area contributed by atoms with E-state index in [1.54, 1.807) is 25.1 Å². The van der Waals surface area contributed by atoms with E-state index in [9.17, 15) is 34.1 Å². The first-order chi connectivity index (χ1) is 23.6. The molecule has 3 aromatic carbocycles. The summed E-state index contributed by atoms with van der Waals surface area (Å²) in [6, 6.07) is 16.3. The van der Waals surface area contributed by atoms with Gasteiger partial charge in [0.05, 0.1) is 47.9 Å². The zero-order chi connectivity index (χ0) is 35.0. The zero-order valence-corrected chi connectivity index (χ0v) is 27.9. The molecule has 2 aliphatic heterocycles. The number of carbonyl (C=O) groups is 4. The molecule has 2 aliphatic rings. The molecular weight excluding hydrogens is 677 g/mol. The number of benzene rings is 3. The minimum absolute atomic E-state index is 0.177. The molecule has 6 rings (SSSR count). The minimum Gasteiger partial charge on any atom is -0.493 e. The second kappa shape index (κ2) is 13.6. The summed E-state index contributed by atoms with van der Waals surface area (Å²) in [6.45, 7) is 1.53. The lowest BCUT2D eigenvalue weighted by atomic mass is 9.83. The van der Waals surface area contributed by atoms with E-state index in [1.165, 1.54) is 67.3 Å². The Labute approximate surface area is 286 Å². The van der Waals surface area contributed by atoms with Crippen molar-refractivity contribution in [2.24, 2.45) is 5.92 Å². The van der Waals surface area contributed by atoms with Crippen LogP contribution in [0.4, 0.5) is 17.1 Å². The van der Waals surface area contributed by atoms with Crippen LogP contribution >= 0.6 is 23.1 Å². The van der Waals surface area contributed by atoms with Crippen molar-refractivity contribution < 1.29 is 38.3 Å². The molecule has 16 heteroatoms. The summed E-state index contributed by atoms with van der Waals surface area (Å²) in [5.74, 6) is -3.02. The average Bonchev–Trinajstić information content (AvgIpc) is 3.54. The van der Waals surface area contributed by atoms with E-state index < -0.39 is 50.6 Å². The molecule has 1 N–H and O–H groups in total. The van der Waals surface area contributed by atoms with Gasteiger partial charge >= 0.3 is 10.8 Å². The lowest BCUT2D eigenvalue weighted by Gasteiger charge is -2.31. The monoisotopic (exact) mass is 704 g/mol. The highest BCUT2D eigenvalue weighted by molar-refractivity contribution is 8.00. The number of fused-ring (bicyclic) bond motifs is 2. The number of imide groups is 1. The number of non-ortho nitro benzene ring substituents is 1. The van der Waals surface area contributed by atoms with Gasteiger partial charge in [-0.2, -0.15) is 0 Å². The number of amides is 3. The smallest absolute Gasteiger partial charge is 0.338 e. The van der Waals surface area contributed by atoms with Crippen LogP contribution in [0.25, 0.3) is 0 Å². The van der Waals surface area contributed by atoms with Gasteiger partial charge in [-0.1, -0.05) is 29.2 Å². The Morgan fingerprint density at radius 1 is 0.939 bits per heavy atom. The van der Waals surface area contributed by atoms with Gasteiger partial charge in [-0.3, -0.25) is 33.9 Å². The summed E-state index contributed by atoms with van der Waals surface area (Å²) in [7, 11) is 2.95. The number of aromatic nitrogens is 1. The molecule has 1 fully saturated rings. The molecule has 4 aromatic rings. The van der Waals surface area contributed by atoms with E-state index in [0.717, 1.165) is 28.0 Å². The van der Waals surface area contributed by atoms with Crippen molar-refractivity contribution in [3.05, 3.63) is 103 Å². The van der Waals surface area contributed by atoms with Crippen LogP contribution in [0.3, 0.4) is 0 Å². The molecular formula is C33H28N4O10S2. The molecule has 49 heavy (non-hydrogen) atoms. The van der Waals surface area contributed by atoms with Crippen molar-refractivity contribution in [2.75, 3.05) is 31.0 Å². The number of nitrogens with zero attached hydrogens (tertiary/aromatic N) is 3. The quantitative estimate of drug-likeness (QED) is 0.107. The number of ether oxygens (including phenoxy) is 3. The molecule has 3 amide bonds. The fraction of sp³-hybridized carbons (Fsp3) is 0.242. The summed E-state index contributed by atoms with van der Waals surface area (Å²) in [4.78, 5) is 78.5. The molecule has 0 bridgehead atoms. The Kier molecular flexibility index (Phi) is 9.25. The number of hydrogen-bond acceptors (Lipinski definition) is 12. The van der Waals surface area contributed by atoms with Crippen molar-refractivity contribution in [1.29, 1.82) is 0 Å². The normalized spacial score (nSPS) is 18.0. The number of nitrogens with one attached hydrogen (secondary N) is 1. The third kappa shape index (κ3) is 6.15. The van der Waals surface area contributed by atoms with E-state index in [0.29, 0.717) is 38.2 Å². The number of nitro groups is 1. The van der Waals surface area contributed by atoms with E-state index in [4.69, 9.17) is 14.2 Å². The van der Waals surface area contributed by atoms with Gasteiger partial charge in [-0.05, 0) is 61.0 Å². The molecule has 3 unspecified atom stereocenters. The average molecular weight is 705 g/mol. The summed E-state index contributed by atoms with van der Waals surface area (Å²) >= 11 is 1.91. The summed E-state index contributed by atoms with van der Waals surface area (Å²) in [5, 5.41) is 13.3. The number of nitro benzene ring substituents is 1. The lowest BCUT2D eigenvalue weighted by Crippen LogP contribution is -2.33. The highest BCUT2D eigenvalue weighted by Gasteiger charge is 2.57. The van der Waals surface area contributed by atoms with Crippen molar-refractivity contribution in [1.82, 2.24) is 4.57 Å². The second-order valence-electron chi connectivity index (χ2n) is 10.9. The molecule has 0 saturated carbocycles. The van der Waals surface area contributed by atoms with Crippen LogP contribution in [0.2, 0.25) is 0 Å². The van der Waals surface area contributed by atoms with Gasteiger partial charge in [0.1, 0.15) is 11.8 Å². The summed E-state index contributed by atoms with van der Waals surface area (Å²) in [5.41, 5.74) is 1.27. The Bertz CT molecular complexity index is 2040. The van der Waals surface area contributed by atoms with Gasteiger partial charge in [0.15, 0.2) is 11.5 Å². The maximum atomic E-state index is 14.1. The van der Waals surface area contributed by atoms with Crippen molar-refractivity contribution in [2.45, 2.75) is 29.7 Å². The van der Waals surface area contributed by atoms with Crippen molar-refractivity contribution >= 4 is 63.9 Å². The van der Waals surface area contributed by atoms with Gasteiger partial charge in [0.2, 0.25) is 17.7 Å². The fourth-order valence-electron chi connectivity index (χ4n) is 5.89. The van der Waals surface area contributed by atoms with Gasteiger partial charge in [-0.15, -0.1) is 0 Å². The predicted octanol–water partition coefficient (Wildman–Crippen LogP) is 4.45. The maximum Gasteiger partial charge on any atom is 0.338 e. The van der Waals surface area contributed by atoms with E-state index >= 15 is 0 Å². The molecule has 0 radical (unpaired) electrons. The molecule has 0 aliphatic carbocycles. The summed E-state index contributed by atoms with van der Waals surface area (Å²) in [6.07, 6.45) is 0. The molecule has 1 saturated heterocycles. The van der Waals surface area contributed by atoms with Crippen LogP contribution in [0.1, 0.15) is 33.6 Å². The number of hydrogen-bond donors (Lipinski definition) is 1. The summed E-state index contributed by atoms with van der Waals surface area (Å²) < 4.78 is 17.2. The van der Waals surface area contributed by atoms with Crippen LogP contribution in [0, 0.1) is 16.0 Å². The first-order valence-corrected chi connectivity index (χ1v) is 16.6. The first-order valence-electron chi connectivity index (χ1n) is 14.9. The number of anilines is 2. The molecule has 14 nitrogen and oxygen atoms in total. The van der Waals surface area contributed by atoms with Crippen LogP contribution in [-0.2, 0) is 25.7 Å². The predicted molar refractivity (Wildman–Crippen MR) is 180 cm³/mol. The Balaban J connectivity index is 1.37. The number of methoxy groups -OCH3 is 2. The Hall–Kier alpha value is -5.48. The Morgan fingerprint density at radius 2 is 1.63 bits per heavy atom. The van der Waals surface area contributed by atoms with Gasteiger partial charge in [0, 0.05) is 28.6 Å². The topological polar surface area (TPSA) is 176 Å². The van der Waals surface area contributed by atoms with Crippen LogP contribution in [0.5, 0.6) is 11.5 Å². The molecule has 252 valence electrons. The highest BCUT2D eigenvalue weighted by Crippen LogP contribution is 2.54. The second-order valence-corrected chi connectivity index (χ2v) is 13.0. The number of esters is 1. The molecule has 1 aromatic heterocycles. The maximum absolute atomic E-state index is 14.1. The lowest BCUT2D eigenvalue weighted by molar-refractivity contribution is -0.384. The van der Waals surface area contributed by atoms with Gasteiger partial charge in [0.25, 0.3) is 5.69 Å². The standard InChI is InChI=1S/C33H28N4O10S2/c1-4-47-32(41)17-5-8-19(9-6-17)34-24(38)16-35-31-28(49-33(35)42)25(18-7-14-22(45-2)23(15-18)46-3)26-27(48-31)30(40)36(29(26)39)20-10-12-21(13-11-20)37(43)44/h5-15,25-27H,4,16H2,1-3H3,(H,34,38). The molecule has 3 atom stereocenters. The third-order valence-corrected chi connectivity index (χ3v) is 10.7. The third-order valence-electron chi connectivity index (χ3n) is 8.12. The van der Waals surface area contributed by atoms with Crippen LogP contribution in [0.15, 0.2) is 76.6 Å². The zero-order valence-electron chi connectivity index (χ0n) is 26.2. The first kappa shape index (κ1) is 33.4. The fourth-order valence-corrected chi connectivity index (χ4v) is 8.66. The number of thiazole rings is 1. The Morgan fingerprint density at radius 3 is 2.27 bits per heavy atom. The number of rotatable bonds is 10. The molecule has 3 heterocycles. The van der Waals surface area contributed by atoms with E-state index in [1.807, 2.05) is 0 Å². The van der Waals surface area contributed by atoms with E-state index in [-0.39, 0.29) is 24.5 Å². The van der Waals surface area contributed by atoms with Crippen molar-refractivity contribution in [3.8, 4) is 11.5 Å². The number of carbonyl (C=O) groups excluding carboxylic acids is 4. The molecule has 0 spiro atoms. The minimum atomic E-state index is -0.980. The SMILES string of the molecule is CCOC(=O)c1ccc(NC(=O)Cn2c3c(sc2=O)C(c2ccc(OC)c(OC)c2)C2C(=O)N(c4ccc([N+](=O)[O-])cc4)C(=O)C2S3)cc1. The largest absolute Gasteiger partial charge is 0.493 e. The van der Waals surface area contributed by atoms with Gasteiger partial charge < -0.3 is 19.5 Å². The highest BCUT2D eigenvalue weighted by atomic mass is 32.2. The number of thioether (sulfide) groups is 1. The van der Waals surface area contributed by atoms with Crippen LogP contribution < -0.4 is 24.6 Å².